The molecule has 2 aromatic rings. The topological polar surface area (TPSA) is 42.1 Å². The molecule has 4 heteroatoms. The molecule has 0 saturated heterocycles. The smallest absolute Gasteiger partial charge is 0.185 e. The van der Waals surface area contributed by atoms with Gasteiger partial charge in [0, 0.05) is 24.2 Å². The summed E-state index contributed by atoms with van der Waals surface area (Å²) >= 11 is 1.69. The Morgan fingerprint density at radius 2 is 2.24 bits per heavy atom. The van der Waals surface area contributed by atoms with Crippen LogP contribution in [-0.2, 0) is 6.54 Å². The zero-order valence-corrected chi connectivity index (χ0v) is 11.0. The maximum atomic E-state index is 5.79. The highest BCUT2D eigenvalue weighted by atomic mass is 32.1. The van der Waals surface area contributed by atoms with Crippen LogP contribution in [0.5, 0.6) is 0 Å². The van der Waals surface area contributed by atoms with E-state index in [1.807, 2.05) is 25.1 Å². The molecule has 3 nitrogen and oxygen atoms in total. The van der Waals surface area contributed by atoms with E-state index in [9.17, 15) is 0 Å². The van der Waals surface area contributed by atoms with Crippen molar-refractivity contribution in [3.8, 4) is 0 Å². The molecule has 0 atom stereocenters. The lowest BCUT2D eigenvalue weighted by molar-refractivity contribution is 0.824. The van der Waals surface area contributed by atoms with Gasteiger partial charge in [0.05, 0.1) is 5.69 Å². The number of benzene rings is 1. The maximum Gasteiger partial charge on any atom is 0.185 e. The molecule has 0 spiro atoms. The van der Waals surface area contributed by atoms with Crippen molar-refractivity contribution in [3.63, 3.8) is 0 Å². The summed E-state index contributed by atoms with van der Waals surface area (Å²) in [5.41, 5.74) is 8.90. The highest BCUT2D eigenvalue weighted by Crippen LogP contribution is 2.22. The Balaban J connectivity index is 2.15. The Bertz CT molecular complexity index is 493. The van der Waals surface area contributed by atoms with Crippen LogP contribution in [0.25, 0.3) is 0 Å². The summed E-state index contributed by atoms with van der Waals surface area (Å²) in [6.07, 6.45) is 0. The van der Waals surface area contributed by atoms with Crippen LogP contribution >= 0.6 is 11.3 Å². The molecule has 90 valence electrons. The predicted octanol–water partition coefficient (Wildman–Crippen LogP) is 3.06. The third-order valence-electron chi connectivity index (χ3n) is 2.58. The van der Waals surface area contributed by atoms with Gasteiger partial charge >= 0.3 is 0 Å². The molecule has 0 aliphatic heterocycles. The first-order valence-corrected chi connectivity index (χ1v) is 6.58. The number of nitrogens with two attached hydrogens (primary N) is 1. The Labute approximate surface area is 106 Å². The second-order valence-electron chi connectivity index (χ2n) is 4.03. The van der Waals surface area contributed by atoms with E-state index in [1.165, 1.54) is 5.56 Å². The lowest BCUT2D eigenvalue weighted by Gasteiger charge is -2.19. The number of aryl methyl sites for hydroxylation is 1. The molecule has 0 aliphatic carbocycles. The Morgan fingerprint density at radius 1 is 1.41 bits per heavy atom. The molecule has 0 aliphatic rings. The Kier molecular flexibility index (Phi) is 3.64. The van der Waals surface area contributed by atoms with Crippen molar-refractivity contribution in [2.24, 2.45) is 0 Å². The van der Waals surface area contributed by atoms with Crippen molar-refractivity contribution in [2.45, 2.75) is 20.4 Å². The summed E-state index contributed by atoms with van der Waals surface area (Å²) in [7, 11) is 0. The largest absolute Gasteiger partial charge is 0.399 e. The molecule has 0 fully saturated rings. The van der Waals surface area contributed by atoms with E-state index < -0.39 is 0 Å². The molecule has 0 radical (unpaired) electrons. The van der Waals surface area contributed by atoms with Gasteiger partial charge < -0.3 is 10.6 Å². The quantitative estimate of drug-likeness (QED) is 0.844. The van der Waals surface area contributed by atoms with Gasteiger partial charge in [0.25, 0.3) is 0 Å². The van der Waals surface area contributed by atoms with E-state index in [4.69, 9.17) is 5.73 Å². The van der Waals surface area contributed by atoms with Crippen LogP contribution in [0, 0.1) is 6.92 Å². The number of hydrogen-bond donors (Lipinski definition) is 1. The van der Waals surface area contributed by atoms with Crippen molar-refractivity contribution in [1.29, 1.82) is 0 Å². The standard InChI is InChI=1S/C13H17N3S/c1-3-16(13-15-10(2)9-17-13)8-11-5-4-6-12(14)7-11/h4-7,9H,3,8,14H2,1-2H3. The summed E-state index contributed by atoms with van der Waals surface area (Å²) in [6.45, 7) is 5.97. The SMILES string of the molecule is CCN(Cc1cccc(N)c1)c1nc(C)cs1. The van der Waals surface area contributed by atoms with Crippen molar-refractivity contribution in [1.82, 2.24) is 4.98 Å². The number of anilines is 2. The second-order valence-corrected chi connectivity index (χ2v) is 4.87. The molecule has 17 heavy (non-hydrogen) atoms. The first-order valence-electron chi connectivity index (χ1n) is 5.70. The summed E-state index contributed by atoms with van der Waals surface area (Å²) in [6, 6.07) is 8.02. The monoisotopic (exact) mass is 247 g/mol. The minimum absolute atomic E-state index is 0.814. The molecule has 0 saturated carbocycles. The molecular weight excluding hydrogens is 230 g/mol. The van der Waals surface area contributed by atoms with Crippen LogP contribution in [0.15, 0.2) is 29.6 Å². The number of nitrogen functional groups attached to an aromatic ring is 1. The van der Waals surface area contributed by atoms with Gasteiger partial charge in [-0.3, -0.25) is 0 Å². The zero-order chi connectivity index (χ0) is 12.3. The van der Waals surface area contributed by atoms with Crippen LogP contribution in [0.2, 0.25) is 0 Å². The van der Waals surface area contributed by atoms with Crippen molar-refractivity contribution < 1.29 is 0 Å². The minimum Gasteiger partial charge on any atom is -0.399 e. The first-order chi connectivity index (χ1) is 8.19. The average molecular weight is 247 g/mol. The molecule has 1 heterocycles. The number of hydrogen-bond acceptors (Lipinski definition) is 4. The molecule has 1 aromatic heterocycles. The van der Waals surface area contributed by atoms with Gasteiger partial charge in [0.15, 0.2) is 5.13 Å². The second kappa shape index (κ2) is 5.19. The summed E-state index contributed by atoms with van der Waals surface area (Å²) < 4.78 is 0. The number of nitrogens with zero attached hydrogens (tertiary/aromatic N) is 2. The van der Waals surface area contributed by atoms with Crippen molar-refractivity contribution in [2.75, 3.05) is 17.2 Å². The maximum absolute atomic E-state index is 5.79. The van der Waals surface area contributed by atoms with Crippen LogP contribution < -0.4 is 10.6 Å². The summed E-state index contributed by atoms with van der Waals surface area (Å²) in [5.74, 6) is 0. The molecular formula is C13H17N3S. The molecule has 0 bridgehead atoms. The van der Waals surface area contributed by atoms with Crippen LogP contribution in [0.1, 0.15) is 18.2 Å². The van der Waals surface area contributed by atoms with E-state index in [0.717, 1.165) is 29.6 Å². The van der Waals surface area contributed by atoms with E-state index in [-0.39, 0.29) is 0 Å². The van der Waals surface area contributed by atoms with Gasteiger partial charge in [0.1, 0.15) is 0 Å². The van der Waals surface area contributed by atoms with Crippen LogP contribution in [0.3, 0.4) is 0 Å². The average Bonchev–Trinajstić information content (AvgIpc) is 2.73. The Hall–Kier alpha value is -1.55. The Morgan fingerprint density at radius 3 is 2.82 bits per heavy atom. The normalized spacial score (nSPS) is 10.5. The highest BCUT2D eigenvalue weighted by Gasteiger charge is 2.08. The number of thiazole rings is 1. The third kappa shape index (κ3) is 2.97. The van der Waals surface area contributed by atoms with E-state index in [2.05, 4.69) is 28.3 Å². The van der Waals surface area contributed by atoms with Crippen LogP contribution in [0.4, 0.5) is 10.8 Å². The first kappa shape index (κ1) is 11.9. The third-order valence-corrected chi connectivity index (χ3v) is 3.60. The van der Waals surface area contributed by atoms with E-state index in [0.29, 0.717) is 0 Å². The predicted molar refractivity (Wildman–Crippen MR) is 74.4 cm³/mol. The lowest BCUT2D eigenvalue weighted by Crippen LogP contribution is -2.21. The zero-order valence-electron chi connectivity index (χ0n) is 10.2. The van der Waals surface area contributed by atoms with Gasteiger partial charge in [-0.05, 0) is 31.5 Å². The summed E-state index contributed by atoms with van der Waals surface area (Å²) in [5, 5.41) is 3.16. The van der Waals surface area contributed by atoms with E-state index >= 15 is 0 Å². The fourth-order valence-electron chi connectivity index (χ4n) is 1.71. The molecule has 0 amide bonds. The fourth-order valence-corrected chi connectivity index (χ4v) is 2.58. The van der Waals surface area contributed by atoms with E-state index in [1.54, 1.807) is 11.3 Å². The summed E-state index contributed by atoms with van der Waals surface area (Å²) in [4.78, 5) is 6.77. The molecule has 2 rings (SSSR count). The van der Waals surface area contributed by atoms with Gasteiger partial charge in [0.2, 0.25) is 0 Å². The molecule has 2 N–H and O–H groups in total. The van der Waals surface area contributed by atoms with Gasteiger partial charge in [-0.2, -0.15) is 0 Å². The van der Waals surface area contributed by atoms with Gasteiger partial charge in [-0.15, -0.1) is 11.3 Å². The number of aromatic nitrogens is 1. The molecule has 1 aromatic carbocycles. The van der Waals surface area contributed by atoms with Crippen LogP contribution in [-0.4, -0.2) is 11.5 Å². The fraction of sp³-hybridized carbons (Fsp3) is 0.308. The molecule has 0 unspecified atom stereocenters. The van der Waals surface area contributed by atoms with Gasteiger partial charge in [-0.25, -0.2) is 4.98 Å². The highest BCUT2D eigenvalue weighted by molar-refractivity contribution is 7.13. The number of rotatable bonds is 4. The minimum atomic E-state index is 0.814. The van der Waals surface area contributed by atoms with Gasteiger partial charge in [-0.1, -0.05) is 12.1 Å². The van der Waals surface area contributed by atoms with Crippen molar-refractivity contribution >= 4 is 22.2 Å². The lowest BCUT2D eigenvalue weighted by atomic mass is 10.2. The van der Waals surface area contributed by atoms with Crippen molar-refractivity contribution in [3.05, 3.63) is 40.9 Å².